The molecule has 2 aromatic heterocycles. The number of nitrogens with zero attached hydrogens (tertiary/aromatic N) is 2. The largest absolute Gasteiger partial charge is 0.493 e. The number of hydrogen-bond acceptors (Lipinski definition) is 7. The third-order valence-electron chi connectivity index (χ3n) is 5.28. The normalized spacial score (nSPS) is 15.1. The zero-order valence-corrected chi connectivity index (χ0v) is 18.7. The molecule has 0 aliphatic carbocycles. The van der Waals surface area contributed by atoms with Crippen LogP contribution in [0.2, 0.25) is 0 Å². The molecule has 0 unspecified atom stereocenters. The topological polar surface area (TPSA) is 63.7 Å². The lowest BCUT2D eigenvalue weighted by Crippen LogP contribution is -2.36. The SMILES string of the molecule is COc1ccc(-c2nc(C(=O)NC[C@@H](c3cccs3)N3CCCC3)cs2)cc1OC. The van der Waals surface area contributed by atoms with Crippen LogP contribution in [0.15, 0.2) is 41.1 Å². The van der Waals surface area contributed by atoms with Gasteiger partial charge >= 0.3 is 0 Å². The zero-order chi connectivity index (χ0) is 20.9. The monoisotopic (exact) mass is 443 g/mol. The molecule has 1 aromatic carbocycles. The molecule has 3 heterocycles. The van der Waals surface area contributed by atoms with Gasteiger partial charge in [0.05, 0.1) is 20.3 Å². The minimum atomic E-state index is -0.140. The van der Waals surface area contributed by atoms with E-state index in [0.717, 1.165) is 23.7 Å². The van der Waals surface area contributed by atoms with Crippen molar-refractivity contribution in [1.82, 2.24) is 15.2 Å². The fourth-order valence-corrected chi connectivity index (χ4v) is 5.36. The quantitative estimate of drug-likeness (QED) is 0.557. The van der Waals surface area contributed by atoms with Crippen molar-refractivity contribution in [3.63, 3.8) is 0 Å². The molecule has 3 aromatic rings. The lowest BCUT2D eigenvalue weighted by atomic mass is 10.2. The fraction of sp³-hybridized carbons (Fsp3) is 0.364. The van der Waals surface area contributed by atoms with Crippen LogP contribution in [0.4, 0.5) is 0 Å². The molecule has 0 bridgehead atoms. The second-order valence-corrected chi connectivity index (χ2v) is 8.93. The molecule has 0 spiro atoms. The van der Waals surface area contributed by atoms with Crippen LogP contribution in [0.5, 0.6) is 11.5 Å². The summed E-state index contributed by atoms with van der Waals surface area (Å²) in [5.41, 5.74) is 1.33. The summed E-state index contributed by atoms with van der Waals surface area (Å²) in [5, 5.41) is 7.77. The molecular formula is C22H25N3O3S2. The number of hydrogen-bond donors (Lipinski definition) is 1. The highest BCUT2D eigenvalue weighted by atomic mass is 32.1. The average molecular weight is 444 g/mol. The first kappa shape index (κ1) is 20.8. The molecule has 4 rings (SSSR count). The number of thiophene rings is 1. The van der Waals surface area contributed by atoms with E-state index in [-0.39, 0.29) is 11.9 Å². The van der Waals surface area contributed by atoms with Crippen molar-refractivity contribution in [2.45, 2.75) is 18.9 Å². The van der Waals surface area contributed by atoms with Crippen LogP contribution in [0, 0.1) is 0 Å². The molecule has 8 heteroatoms. The van der Waals surface area contributed by atoms with Gasteiger partial charge in [0.1, 0.15) is 10.7 Å². The number of carbonyl (C=O) groups is 1. The Balaban J connectivity index is 1.45. The molecule has 0 saturated carbocycles. The fourth-order valence-electron chi connectivity index (χ4n) is 3.70. The van der Waals surface area contributed by atoms with Crippen LogP contribution in [0.1, 0.15) is 34.2 Å². The Morgan fingerprint density at radius 1 is 1.17 bits per heavy atom. The van der Waals surface area contributed by atoms with E-state index in [1.165, 1.54) is 29.1 Å². The number of amides is 1. The van der Waals surface area contributed by atoms with Crippen LogP contribution in [-0.2, 0) is 0 Å². The molecule has 1 atom stereocenters. The predicted octanol–water partition coefficient (Wildman–Crippen LogP) is 4.46. The second-order valence-electron chi connectivity index (χ2n) is 7.09. The van der Waals surface area contributed by atoms with Gasteiger partial charge in [-0.05, 0) is 55.6 Å². The standard InChI is InChI=1S/C22H25N3O3S2/c1-27-18-8-7-15(12-19(18)28-2)22-24-16(14-30-22)21(26)23-13-17(20-6-5-11-29-20)25-9-3-4-10-25/h5-8,11-12,14,17H,3-4,9-10,13H2,1-2H3,(H,23,26)/t17-/m0/s1. The lowest BCUT2D eigenvalue weighted by molar-refractivity contribution is 0.0934. The van der Waals surface area contributed by atoms with Gasteiger partial charge in [-0.15, -0.1) is 22.7 Å². The molecule has 1 fully saturated rings. The average Bonchev–Trinajstić information content (AvgIpc) is 3.56. The van der Waals surface area contributed by atoms with Gasteiger partial charge in [0.2, 0.25) is 0 Å². The Morgan fingerprint density at radius 3 is 2.67 bits per heavy atom. The van der Waals surface area contributed by atoms with E-state index in [1.807, 2.05) is 18.2 Å². The van der Waals surface area contributed by atoms with Gasteiger partial charge in [-0.1, -0.05) is 6.07 Å². The molecule has 1 N–H and O–H groups in total. The molecule has 1 amide bonds. The maximum atomic E-state index is 12.8. The summed E-state index contributed by atoms with van der Waals surface area (Å²) in [4.78, 5) is 21.1. The van der Waals surface area contributed by atoms with Gasteiger partial charge < -0.3 is 14.8 Å². The summed E-state index contributed by atoms with van der Waals surface area (Å²) in [6.07, 6.45) is 2.44. The molecule has 158 valence electrons. The van der Waals surface area contributed by atoms with Crippen molar-refractivity contribution in [2.75, 3.05) is 33.9 Å². The van der Waals surface area contributed by atoms with Gasteiger partial charge in [-0.25, -0.2) is 4.98 Å². The highest BCUT2D eigenvalue weighted by molar-refractivity contribution is 7.13. The number of carbonyl (C=O) groups excluding carboxylic acids is 1. The maximum absolute atomic E-state index is 12.8. The van der Waals surface area contributed by atoms with E-state index < -0.39 is 0 Å². The Morgan fingerprint density at radius 2 is 1.97 bits per heavy atom. The van der Waals surface area contributed by atoms with Crippen LogP contribution in [0.3, 0.4) is 0 Å². The third kappa shape index (κ3) is 4.50. The number of benzene rings is 1. The summed E-state index contributed by atoms with van der Waals surface area (Å²) < 4.78 is 10.7. The summed E-state index contributed by atoms with van der Waals surface area (Å²) in [7, 11) is 3.21. The van der Waals surface area contributed by atoms with Gasteiger partial charge in [-0.3, -0.25) is 9.69 Å². The van der Waals surface area contributed by atoms with Crippen LogP contribution >= 0.6 is 22.7 Å². The van der Waals surface area contributed by atoms with Crippen LogP contribution in [0.25, 0.3) is 10.6 Å². The van der Waals surface area contributed by atoms with Crippen LogP contribution < -0.4 is 14.8 Å². The third-order valence-corrected chi connectivity index (χ3v) is 7.14. The minimum Gasteiger partial charge on any atom is -0.493 e. The summed E-state index contributed by atoms with van der Waals surface area (Å²) in [6, 6.07) is 10.1. The Bertz CT molecular complexity index is 981. The van der Waals surface area contributed by atoms with Crippen molar-refractivity contribution in [3.05, 3.63) is 51.7 Å². The molecule has 30 heavy (non-hydrogen) atoms. The summed E-state index contributed by atoms with van der Waals surface area (Å²) >= 11 is 3.19. The number of rotatable bonds is 8. The molecule has 1 saturated heterocycles. The van der Waals surface area contributed by atoms with Crippen molar-refractivity contribution < 1.29 is 14.3 Å². The number of aromatic nitrogens is 1. The Hall–Kier alpha value is -2.42. The predicted molar refractivity (Wildman–Crippen MR) is 121 cm³/mol. The van der Waals surface area contributed by atoms with E-state index in [0.29, 0.717) is 23.7 Å². The zero-order valence-electron chi connectivity index (χ0n) is 17.1. The van der Waals surface area contributed by atoms with Crippen LogP contribution in [-0.4, -0.2) is 49.6 Å². The second kappa shape index (κ2) is 9.59. The van der Waals surface area contributed by atoms with Gasteiger partial charge in [0.15, 0.2) is 11.5 Å². The van der Waals surface area contributed by atoms with Gasteiger partial charge in [-0.2, -0.15) is 0 Å². The smallest absolute Gasteiger partial charge is 0.270 e. The van der Waals surface area contributed by atoms with Crippen molar-refractivity contribution in [2.24, 2.45) is 0 Å². The molecule has 1 aliphatic rings. The first-order valence-corrected chi connectivity index (χ1v) is 11.7. The lowest BCUT2D eigenvalue weighted by Gasteiger charge is -2.26. The van der Waals surface area contributed by atoms with E-state index in [9.17, 15) is 4.79 Å². The van der Waals surface area contributed by atoms with E-state index in [2.05, 4.69) is 32.7 Å². The first-order valence-electron chi connectivity index (χ1n) is 9.93. The number of thiazole rings is 1. The van der Waals surface area contributed by atoms with E-state index >= 15 is 0 Å². The molecule has 1 aliphatic heterocycles. The number of ether oxygens (including phenoxy) is 2. The Kier molecular flexibility index (Phi) is 6.66. The van der Waals surface area contributed by atoms with E-state index in [4.69, 9.17) is 9.47 Å². The van der Waals surface area contributed by atoms with E-state index in [1.54, 1.807) is 30.9 Å². The van der Waals surface area contributed by atoms with Crippen molar-refractivity contribution in [3.8, 4) is 22.1 Å². The number of likely N-dealkylation sites (tertiary alicyclic amines) is 1. The highest BCUT2D eigenvalue weighted by Gasteiger charge is 2.25. The molecular weight excluding hydrogens is 418 g/mol. The summed E-state index contributed by atoms with van der Waals surface area (Å²) in [5.74, 6) is 1.16. The first-order chi connectivity index (χ1) is 14.7. The highest BCUT2D eigenvalue weighted by Crippen LogP contribution is 2.33. The van der Waals surface area contributed by atoms with Gasteiger partial charge in [0, 0.05) is 22.4 Å². The minimum absolute atomic E-state index is 0.140. The van der Waals surface area contributed by atoms with Crippen molar-refractivity contribution >= 4 is 28.6 Å². The maximum Gasteiger partial charge on any atom is 0.270 e. The number of methoxy groups -OCH3 is 2. The molecule has 0 radical (unpaired) electrons. The number of nitrogens with one attached hydrogen (secondary N) is 1. The summed E-state index contributed by atoms with van der Waals surface area (Å²) in [6.45, 7) is 2.75. The Labute approximate surface area is 184 Å². The van der Waals surface area contributed by atoms with Gasteiger partial charge in [0.25, 0.3) is 5.91 Å². The van der Waals surface area contributed by atoms with Crippen molar-refractivity contribution in [1.29, 1.82) is 0 Å². The molecule has 6 nitrogen and oxygen atoms in total.